The highest BCUT2D eigenvalue weighted by Gasteiger charge is 2.23. The van der Waals surface area contributed by atoms with E-state index in [1.807, 2.05) is 0 Å². The predicted octanol–water partition coefficient (Wildman–Crippen LogP) is 1.56. The van der Waals surface area contributed by atoms with Gasteiger partial charge in [0.05, 0.1) is 11.8 Å². The van der Waals surface area contributed by atoms with Crippen molar-refractivity contribution < 1.29 is 4.79 Å². The maximum atomic E-state index is 11.7. The van der Waals surface area contributed by atoms with Crippen LogP contribution < -0.4 is 5.32 Å². The fourth-order valence-electron chi connectivity index (χ4n) is 2.08. The van der Waals surface area contributed by atoms with Gasteiger partial charge in [-0.25, -0.2) is 0 Å². The average molecular weight is 242 g/mol. The largest absolute Gasteiger partial charge is 0.352 e. The van der Waals surface area contributed by atoms with Gasteiger partial charge in [0.2, 0.25) is 0 Å². The van der Waals surface area contributed by atoms with Crippen molar-refractivity contribution >= 4 is 17.5 Å². The van der Waals surface area contributed by atoms with Gasteiger partial charge in [-0.05, 0) is 25.2 Å². The van der Waals surface area contributed by atoms with E-state index in [2.05, 4.69) is 10.4 Å². The predicted molar refractivity (Wildman–Crippen MR) is 62.5 cm³/mol. The minimum absolute atomic E-state index is 0.0499. The van der Waals surface area contributed by atoms with Crippen LogP contribution in [0.3, 0.4) is 0 Å². The lowest BCUT2D eigenvalue weighted by Crippen LogP contribution is -2.28. The summed E-state index contributed by atoms with van der Waals surface area (Å²) in [5.74, 6) is 0.481. The zero-order chi connectivity index (χ0) is 11.5. The maximum absolute atomic E-state index is 11.7. The van der Waals surface area contributed by atoms with Crippen LogP contribution in [0.2, 0.25) is 0 Å². The molecule has 0 saturated heterocycles. The van der Waals surface area contributed by atoms with Crippen LogP contribution >= 0.6 is 11.6 Å². The molecule has 2 unspecified atom stereocenters. The molecule has 1 aliphatic carbocycles. The standard InChI is InChI=1S/C11H16ClN3O/c1-15-7-9(6-14-15)11(16)13-5-8-2-3-10(12)4-8/h6-8,10H,2-5H2,1H3,(H,13,16). The van der Waals surface area contributed by atoms with E-state index in [1.54, 1.807) is 24.1 Å². The number of aryl methyl sites for hydroxylation is 1. The Balaban J connectivity index is 1.80. The number of alkyl halides is 1. The number of aromatic nitrogens is 2. The first-order valence-corrected chi connectivity index (χ1v) is 5.99. The van der Waals surface area contributed by atoms with Gasteiger partial charge in [-0.15, -0.1) is 11.6 Å². The van der Waals surface area contributed by atoms with Crippen molar-refractivity contribution in [2.75, 3.05) is 6.54 Å². The third kappa shape index (κ3) is 2.76. The quantitative estimate of drug-likeness (QED) is 0.817. The average Bonchev–Trinajstić information content (AvgIpc) is 2.84. The highest BCUT2D eigenvalue weighted by atomic mass is 35.5. The van der Waals surface area contributed by atoms with E-state index >= 15 is 0 Å². The van der Waals surface area contributed by atoms with Gasteiger partial charge < -0.3 is 5.32 Å². The van der Waals surface area contributed by atoms with Crippen molar-refractivity contribution in [2.24, 2.45) is 13.0 Å². The molecule has 0 radical (unpaired) electrons. The number of halogens is 1. The first kappa shape index (κ1) is 11.5. The van der Waals surface area contributed by atoms with Gasteiger partial charge in [0.1, 0.15) is 0 Å². The molecule has 88 valence electrons. The molecule has 2 atom stereocenters. The minimum Gasteiger partial charge on any atom is -0.352 e. The number of amides is 1. The summed E-state index contributed by atoms with van der Waals surface area (Å²) >= 11 is 6.02. The van der Waals surface area contributed by atoms with E-state index in [9.17, 15) is 4.79 Å². The topological polar surface area (TPSA) is 46.9 Å². The Hall–Kier alpha value is -1.03. The van der Waals surface area contributed by atoms with E-state index < -0.39 is 0 Å². The molecule has 1 aromatic rings. The fourth-order valence-corrected chi connectivity index (χ4v) is 2.45. The van der Waals surface area contributed by atoms with Crippen molar-refractivity contribution in [3.63, 3.8) is 0 Å². The van der Waals surface area contributed by atoms with Crippen LogP contribution in [0.1, 0.15) is 29.6 Å². The minimum atomic E-state index is -0.0499. The normalized spacial score (nSPS) is 24.6. The van der Waals surface area contributed by atoms with Crippen LogP contribution in [0, 0.1) is 5.92 Å². The lowest BCUT2D eigenvalue weighted by Gasteiger charge is -2.09. The first-order valence-electron chi connectivity index (χ1n) is 5.56. The van der Waals surface area contributed by atoms with Gasteiger partial charge >= 0.3 is 0 Å². The second-order valence-corrected chi connectivity index (χ2v) is 5.01. The molecule has 1 aliphatic rings. The van der Waals surface area contributed by atoms with Crippen LogP contribution in [0.15, 0.2) is 12.4 Å². The Kier molecular flexibility index (Phi) is 3.49. The molecule has 2 rings (SSSR count). The van der Waals surface area contributed by atoms with Crippen molar-refractivity contribution in [2.45, 2.75) is 24.6 Å². The lowest BCUT2D eigenvalue weighted by atomic mass is 10.1. The number of nitrogens with zero attached hydrogens (tertiary/aromatic N) is 2. The summed E-state index contributed by atoms with van der Waals surface area (Å²) in [7, 11) is 1.80. The molecule has 0 bridgehead atoms. The Morgan fingerprint density at radius 3 is 3.06 bits per heavy atom. The zero-order valence-electron chi connectivity index (χ0n) is 9.32. The Bertz CT molecular complexity index is 377. The number of rotatable bonds is 3. The van der Waals surface area contributed by atoms with Crippen LogP contribution in [0.25, 0.3) is 0 Å². The summed E-state index contributed by atoms with van der Waals surface area (Å²) in [5, 5.41) is 7.18. The first-order chi connectivity index (χ1) is 7.65. The number of carbonyl (C=O) groups is 1. The molecule has 5 heteroatoms. The van der Waals surface area contributed by atoms with Gasteiger partial charge in [0.15, 0.2) is 0 Å². The highest BCUT2D eigenvalue weighted by molar-refractivity contribution is 6.20. The van der Waals surface area contributed by atoms with Crippen LogP contribution in [0.4, 0.5) is 0 Å². The van der Waals surface area contributed by atoms with Crippen molar-refractivity contribution in [3.05, 3.63) is 18.0 Å². The molecule has 0 aromatic carbocycles. The fraction of sp³-hybridized carbons (Fsp3) is 0.636. The summed E-state index contributed by atoms with van der Waals surface area (Å²) in [4.78, 5) is 11.7. The Labute approximate surface area is 100.0 Å². The van der Waals surface area contributed by atoms with E-state index in [-0.39, 0.29) is 5.91 Å². The maximum Gasteiger partial charge on any atom is 0.254 e. The van der Waals surface area contributed by atoms with Crippen LogP contribution in [-0.4, -0.2) is 27.6 Å². The Morgan fingerprint density at radius 2 is 2.50 bits per heavy atom. The van der Waals surface area contributed by atoms with Gasteiger partial charge in [-0.3, -0.25) is 9.48 Å². The monoisotopic (exact) mass is 241 g/mol. The molecule has 16 heavy (non-hydrogen) atoms. The SMILES string of the molecule is Cn1cc(C(=O)NCC2CCC(Cl)C2)cn1. The second kappa shape index (κ2) is 4.87. The van der Waals surface area contributed by atoms with E-state index in [1.165, 1.54) is 0 Å². The summed E-state index contributed by atoms with van der Waals surface area (Å²) in [5.41, 5.74) is 0.614. The molecule has 4 nitrogen and oxygen atoms in total. The molecular weight excluding hydrogens is 226 g/mol. The van der Waals surface area contributed by atoms with Gasteiger partial charge in [-0.1, -0.05) is 0 Å². The molecule has 1 heterocycles. The van der Waals surface area contributed by atoms with E-state index in [0.29, 0.717) is 16.9 Å². The van der Waals surface area contributed by atoms with Gasteiger partial charge in [-0.2, -0.15) is 5.10 Å². The number of carbonyl (C=O) groups excluding carboxylic acids is 1. The molecule has 1 amide bonds. The van der Waals surface area contributed by atoms with E-state index in [4.69, 9.17) is 11.6 Å². The molecular formula is C11H16ClN3O. The third-order valence-electron chi connectivity index (χ3n) is 3.00. The molecule has 1 fully saturated rings. The van der Waals surface area contributed by atoms with E-state index in [0.717, 1.165) is 25.8 Å². The lowest BCUT2D eigenvalue weighted by molar-refractivity contribution is 0.0947. The molecule has 0 spiro atoms. The summed E-state index contributed by atoms with van der Waals surface area (Å²) in [6.07, 6.45) is 6.48. The molecule has 1 N–H and O–H groups in total. The number of hydrogen-bond donors (Lipinski definition) is 1. The van der Waals surface area contributed by atoms with Crippen LogP contribution in [-0.2, 0) is 7.05 Å². The zero-order valence-corrected chi connectivity index (χ0v) is 10.1. The number of nitrogens with one attached hydrogen (secondary N) is 1. The van der Waals surface area contributed by atoms with Gasteiger partial charge in [0.25, 0.3) is 5.91 Å². The summed E-state index contributed by atoms with van der Waals surface area (Å²) in [6, 6.07) is 0. The molecule has 1 aromatic heterocycles. The van der Waals surface area contributed by atoms with Crippen molar-refractivity contribution in [1.29, 1.82) is 0 Å². The molecule has 0 aliphatic heterocycles. The van der Waals surface area contributed by atoms with Crippen molar-refractivity contribution in [3.8, 4) is 0 Å². The number of hydrogen-bond acceptors (Lipinski definition) is 2. The smallest absolute Gasteiger partial charge is 0.254 e. The van der Waals surface area contributed by atoms with Gasteiger partial charge in [0, 0.05) is 25.2 Å². The summed E-state index contributed by atoms with van der Waals surface area (Å²) in [6.45, 7) is 0.719. The molecule has 1 saturated carbocycles. The Morgan fingerprint density at radius 1 is 1.69 bits per heavy atom. The van der Waals surface area contributed by atoms with Crippen LogP contribution in [0.5, 0.6) is 0 Å². The highest BCUT2D eigenvalue weighted by Crippen LogP contribution is 2.28. The van der Waals surface area contributed by atoms with Crippen molar-refractivity contribution in [1.82, 2.24) is 15.1 Å². The summed E-state index contributed by atoms with van der Waals surface area (Å²) < 4.78 is 1.62. The third-order valence-corrected chi connectivity index (χ3v) is 3.39. The second-order valence-electron chi connectivity index (χ2n) is 4.39.